The summed E-state index contributed by atoms with van der Waals surface area (Å²) in [5.74, 6) is -0.953. The zero-order chi connectivity index (χ0) is 14.5. The van der Waals surface area contributed by atoms with Crippen LogP contribution in [0.25, 0.3) is 0 Å². The zero-order valence-electron chi connectivity index (χ0n) is 12.2. The Morgan fingerprint density at radius 3 is 2.58 bits per heavy atom. The van der Waals surface area contributed by atoms with Gasteiger partial charge in [0.1, 0.15) is 6.04 Å². The Balaban J connectivity index is 2.54. The van der Waals surface area contributed by atoms with Crippen molar-refractivity contribution in [2.45, 2.75) is 58.9 Å². The van der Waals surface area contributed by atoms with E-state index in [9.17, 15) is 9.59 Å². The molecule has 0 radical (unpaired) electrons. The van der Waals surface area contributed by atoms with Crippen molar-refractivity contribution in [1.29, 1.82) is 0 Å². The standard InChI is InChI=1S/C14H26N2O3/c1-4-6-11(12(17)18)15-13(19)16-9-5-7-14(2,3)8-10-16/h11H,4-10H2,1-3H3,(H,15,19)(H,17,18)/t11-/m1/s1. The fourth-order valence-corrected chi connectivity index (χ4v) is 2.41. The minimum Gasteiger partial charge on any atom is -0.480 e. The number of hydrogen-bond acceptors (Lipinski definition) is 2. The molecular formula is C14H26N2O3. The first-order valence-electron chi connectivity index (χ1n) is 7.14. The number of urea groups is 1. The Hall–Kier alpha value is -1.26. The lowest BCUT2D eigenvalue weighted by molar-refractivity contribution is -0.139. The molecule has 0 bridgehead atoms. The van der Waals surface area contributed by atoms with E-state index in [0.29, 0.717) is 19.5 Å². The summed E-state index contributed by atoms with van der Waals surface area (Å²) in [5, 5.41) is 11.7. The summed E-state index contributed by atoms with van der Waals surface area (Å²) >= 11 is 0. The molecule has 0 saturated carbocycles. The number of carbonyl (C=O) groups excluding carboxylic acids is 1. The second kappa shape index (κ2) is 6.78. The van der Waals surface area contributed by atoms with Gasteiger partial charge in [-0.2, -0.15) is 0 Å². The van der Waals surface area contributed by atoms with E-state index in [2.05, 4.69) is 19.2 Å². The molecule has 0 aromatic carbocycles. The molecule has 1 rings (SSSR count). The molecule has 0 aromatic rings. The first kappa shape index (κ1) is 15.8. The highest BCUT2D eigenvalue weighted by atomic mass is 16.4. The third kappa shape index (κ3) is 5.09. The van der Waals surface area contributed by atoms with Crippen molar-refractivity contribution >= 4 is 12.0 Å². The number of carboxylic acid groups (broad SMARTS) is 1. The minimum absolute atomic E-state index is 0.237. The van der Waals surface area contributed by atoms with Gasteiger partial charge >= 0.3 is 12.0 Å². The second-order valence-corrected chi connectivity index (χ2v) is 6.13. The van der Waals surface area contributed by atoms with Gasteiger partial charge < -0.3 is 15.3 Å². The van der Waals surface area contributed by atoms with Crippen LogP contribution in [0.4, 0.5) is 4.79 Å². The number of carbonyl (C=O) groups is 2. The summed E-state index contributed by atoms with van der Waals surface area (Å²) in [4.78, 5) is 24.9. The van der Waals surface area contributed by atoms with Crippen molar-refractivity contribution in [2.24, 2.45) is 5.41 Å². The van der Waals surface area contributed by atoms with Gasteiger partial charge in [0, 0.05) is 13.1 Å². The predicted octanol–water partition coefficient (Wildman–Crippen LogP) is 2.46. The lowest BCUT2D eigenvalue weighted by atomic mass is 9.85. The van der Waals surface area contributed by atoms with Gasteiger partial charge in [0.25, 0.3) is 0 Å². The fourth-order valence-electron chi connectivity index (χ4n) is 2.41. The van der Waals surface area contributed by atoms with E-state index in [1.807, 2.05) is 6.92 Å². The van der Waals surface area contributed by atoms with Crippen molar-refractivity contribution in [3.63, 3.8) is 0 Å². The van der Waals surface area contributed by atoms with Gasteiger partial charge in [-0.05, 0) is 31.1 Å². The molecule has 0 aromatic heterocycles. The van der Waals surface area contributed by atoms with Crippen LogP contribution in [0, 0.1) is 5.41 Å². The predicted molar refractivity (Wildman–Crippen MR) is 74.1 cm³/mol. The second-order valence-electron chi connectivity index (χ2n) is 6.13. The number of likely N-dealkylation sites (tertiary alicyclic amines) is 1. The number of amides is 2. The highest BCUT2D eigenvalue weighted by Crippen LogP contribution is 2.29. The van der Waals surface area contributed by atoms with Crippen molar-refractivity contribution < 1.29 is 14.7 Å². The lowest BCUT2D eigenvalue weighted by Crippen LogP contribution is -2.48. The Morgan fingerprint density at radius 2 is 2.00 bits per heavy atom. The number of aliphatic carboxylic acids is 1. The summed E-state index contributed by atoms with van der Waals surface area (Å²) in [5.41, 5.74) is 0.268. The molecule has 0 spiro atoms. The van der Waals surface area contributed by atoms with E-state index in [1.165, 1.54) is 0 Å². The Labute approximate surface area is 115 Å². The van der Waals surface area contributed by atoms with Crippen molar-refractivity contribution in [2.75, 3.05) is 13.1 Å². The Morgan fingerprint density at radius 1 is 1.32 bits per heavy atom. The molecule has 110 valence electrons. The third-order valence-electron chi connectivity index (χ3n) is 3.80. The molecule has 2 N–H and O–H groups in total. The van der Waals surface area contributed by atoms with Crippen molar-refractivity contribution in [3.05, 3.63) is 0 Å². The first-order chi connectivity index (χ1) is 8.85. The molecule has 1 heterocycles. The maximum atomic E-state index is 12.1. The molecule has 0 unspecified atom stereocenters. The number of nitrogens with zero attached hydrogens (tertiary/aromatic N) is 1. The molecule has 1 saturated heterocycles. The van der Waals surface area contributed by atoms with E-state index >= 15 is 0 Å². The van der Waals surface area contributed by atoms with Crippen LogP contribution >= 0.6 is 0 Å². The number of rotatable bonds is 4. The average Bonchev–Trinajstić information content (AvgIpc) is 2.49. The van der Waals surface area contributed by atoms with Crippen LogP contribution in [0.5, 0.6) is 0 Å². The van der Waals surface area contributed by atoms with Crippen LogP contribution in [0.2, 0.25) is 0 Å². The quantitative estimate of drug-likeness (QED) is 0.824. The number of nitrogens with one attached hydrogen (secondary N) is 1. The molecule has 5 heteroatoms. The van der Waals surface area contributed by atoms with Gasteiger partial charge in [0.15, 0.2) is 0 Å². The summed E-state index contributed by atoms with van der Waals surface area (Å²) in [7, 11) is 0. The average molecular weight is 270 g/mol. The van der Waals surface area contributed by atoms with E-state index in [1.54, 1.807) is 4.90 Å². The zero-order valence-corrected chi connectivity index (χ0v) is 12.2. The molecule has 19 heavy (non-hydrogen) atoms. The van der Waals surface area contributed by atoms with E-state index in [0.717, 1.165) is 25.7 Å². The van der Waals surface area contributed by atoms with E-state index in [4.69, 9.17) is 5.11 Å². The van der Waals surface area contributed by atoms with Gasteiger partial charge in [-0.3, -0.25) is 0 Å². The monoisotopic (exact) mass is 270 g/mol. The fraction of sp³-hybridized carbons (Fsp3) is 0.857. The Kier molecular flexibility index (Phi) is 5.63. The molecule has 2 amide bonds. The molecule has 5 nitrogen and oxygen atoms in total. The maximum absolute atomic E-state index is 12.1. The molecule has 0 aliphatic carbocycles. The molecule has 1 aliphatic rings. The smallest absolute Gasteiger partial charge is 0.326 e. The van der Waals surface area contributed by atoms with Crippen LogP contribution < -0.4 is 5.32 Å². The van der Waals surface area contributed by atoms with Gasteiger partial charge in [-0.15, -0.1) is 0 Å². The summed E-state index contributed by atoms with van der Waals surface area (Å²) in [6, 6.07) is -1.01. The molecule has 1 fully saturated rings. The maximum Gasteiger partial charge on any atom is 0.326 e. The largest absolute Gasteiger partial charge is 0.480 e. The highest BCUT2D eigenvalue weighted by Gasteiger charge is 2.27. The number of hydrogen-bond donors (Lipinski definition) is 2. The van der Waals surface area contributed by atoms with Crippen LogP contribution in [0.15, 0.2) is 0 Å². The topological polar surface area (TPSA) is 69.6 Å². The highest BCUT2D eigenvalue weighted by molar-refractivity contribution is 5.82. The normalized spacial score (nSPS) is 20.5. The number of carboxylic acids is 1. The van der Waals surface area contributed by atoms with Gasteiger partial charge in [0.2, 0.25) is 0 Å². The van der Waals surface area contributed by atoms with Gasteiger partial charge in [-0.25, -0.2) is 9.59 Å². The van der Waals surface area contributed by atoms with Gasteiger partial charge in [0.05, 0.1) is 0 Å². The van der Waals surface area contributed by atoms with Crippen LogP contribution in [0.1, 0.15) is 52.9 Å². The first-order valence-corrected chi connectivity index (χ1v) is 7.14. The van der Waals surface area contributed by atoms with Crippen LogP contribution in [-0.2, 0) is 4.79 Å². The van der Waals surface area contributed by atoms with Crippen molar-refractivity contribution in [3.8, 4) is 0 Å². The summed E-state index contributed by atoms with van der Waals surface area (Å²) < 4.78 is 0. The summed E-state index contributed by atoms with van der Waals surface area (Å²) in [6.07, 6.45) is 4.26. The molecular weight excluding hydrogens is 244 g/mol. The molecule has 1 aliphatic heterocycles. The SMILES string of the molecule is CCC[C@@H](NC(=O)N1CCCC(C)(C)CC1)C(=O)O. The Bertz CT molecular complexity index is 329. The lowest BCUT2D eigenvalue weighted by Gasteiger charge is -2.25. The van der Waals surface area contributed by atoms with Crippen LogP contribution in [-0.4, -0.2) is 41.1 Å². The van der Waals surface area contributed by atoms with E-state index < -0.39 is 12.0 Å². The van der Waals surface area contributed by atoms with Crippen molar-refractivity contribution in [1.82, 2.24) is 10.2 Å². The minimum atomic E-state index is -0.953. The van der Waals surface area contributed by atoms with E-state index in [-0.39, 0.29) is 11.4 Å². The van der Waals surface area contributed by atoms with Crippen LogP contribution in [0.3, 0.4) is 0 Å². The van der Waals surface area contributed by atoms with Gasteiger partial charge in [-0.1, -0.05) is 27.2 Å². The summed E-state index contributed by atoms with van der Waals surface area (Å²) in [6.45, 7) is 7.76. The third-order valence-corrected chi connectivity index (χ3v) is 3.80. The molecule has 1 atom stereocenters.